The van der Waals surface area contributed by atoms with Crippen molar-refractivity contribution in [2.75, 3.05) is 18.0 Å². The second-order valence-electron chi connectivity index (χ2n) is 9.55. The number of rotatable bonds is 7. The number of carbonyl (C=O) groups excluding carboxylic acids is 1. The molecular weight excluding hydrogens is 519 g/mol. The van der Waals surface area contributed by atoms with Crippen molar-refractivity contribution in [3.8, 4) is 17.0 Å². The third kappa shape index (κ3) is 5.91. The molecule has 3 aromatic heterocycles. The zero-order valence-electron chi connectivity index (χ0n) is 21.5. The van der Waals surface area contributed by atoms with Gasteiger partial charge in [0.1, 0.15) is 11.6 Å². The number of hydrogen-bond acceptors (Lipinski definition) is 7. The summed E-state index contributed by atoms with van der Waals surface area (Å²) in [6.45, 7) is 1.89. The van der Waals surface area contributed by atoms with E-state index >= 15 is 0 Å². The topological polar surface area (TPSA) is 95.7 Å². The Morgan fingerprint density at radius 2 is 1.87 bits per heavy atom. The molecule has 8 nitrogen and oxygen atoms in total. The number of carbonyl (C=O) groups is 1. The van der Waals surface area contributed by atoms with E-state index in [1.54, 1.807) is 37.5 Å². The fourth-order valence-electron chi connectivity index (χ4n) is 4.68. The number of ether oxygens (including phenoxy) is 1. The van der Waals surface area contributed by atoms with Gasteiger partial charge in [-0.2, -0.15) is 8.78 Å². The van der Waals surface area contributed by atoms with Crippen LogP contribution in [-0.2, 0) is 11.2 Å². The first kappa shape index (κ1) is 28.6. The fourth-order valence-corrected chi connectivity index (χ4v) is 4.68. The van der Waals surface area contributed by atoms with Crippen LogP contribution < -0.4 is 66.1 Å². The molecule has 11 heteroatoms. The van der Waals surface area contributed by atoms with Gasteiger partial charge in [0.25, 0.3) is 0 Å². The van der Waals surface area contributed by atoms with Gasteiger partial charge in [0, 0.05) is 54.4 Å². The number of piperidine rings is 1. The Bertz CT molecular complexity index is 1440. The van der Waals surface area contributed by atoms with Gasteiger partial charge in [-0.15, -0.1) is 0 Å². The predicted molar refractivity (Wildman–Crippen MR) is 131 cm³/mol. The van der Waals surface area contributed by atoms with E-state index in [-0.39, 0.29) is 57.1 Å². The maximum atomic E-state index is 12.9. The van der Waals surface area contributed by atoms with E-state index < -0.39 is 18.0 Å². The second kappa shape index (κ2) is 11.7. The average molecular weight is 546 g/mol. The Kier molecular flexibility index (Phi) is 8.83. The number of nitrogens with zero attached hydrogens (tertiary/aromatic N) is 5. The summed E-state index contributed by atoms with van der Waals surface area (Å²) in [6.07, 6.45) is 6.65. The largest absolute Gasteiger partial charge is 1.00 e. The number of hydrogen-bond donors (Lipinski definition) is 0. The molecule has 1 aliphatic rings. The van der Waals surface area contributed by atoms with Crippen LogP contribution in [-0.4, -0.2) is 45.0 Å². The number of aromatic nitrogens is 4. The molecule has 0 N–H and O–H groups in total. The molecular formula is C27H26F2KN5O3. The van der Waals surface area contributed by atoms with Crippen molar-refractivity contribution >= 4 is 17.4 Å². The Morgan fingerprint density at radius 1 is 1.13 bits per heavy atom. The number of pyridine rings is 1. The van der Waals surface area contributed by atoms with Crippen molar-refractivity contribution in [1.29, 1.82) is 0 Å². The van der Waals surface area contributed by atoms with E-state index in [1.165, 1.54) is 6.07 Å². The molecule has 192 valence electrons. The minimum atomic E-state index is -2.90. The molecule has 4 heterocycles. The van der Waals surface area contributed by atoms with Gasteiger partial charge < -0.3 is 19.5 Å². The van der Waals surface area contributed by atoms with Crippen LogP contribution in [0.15, 0.2) is 55.0 Å². The second-order valence-corrected chi connectivity index (χ2v) is 9.55. The number of benzene rings is 1. The van der Waals surface area contributed by atoms with Crippen molar-refractivity contribution in [3.63, 3.8) is 0 Å². The van der Waals surface area contributed by atoms with Crippen molar-refractivity contribution in [3.05, 3.63) is 71.9 Å². The number of aliphatic carboxylic acids is 1. The third-order valence-corrected chi connectivity index (χ3v) is 7.08. The molecule has 38 heavy (non-hydrogen) atoms. The number of anilines is 1. The molecule has 0 aliphatic carbocycles. The Labute approximate surface area is 261 Å². The number of carboxylic acid groups (broad SMARTS) is 1. The van der Waals surface area contributed by atoms with Crippen LogP contribution in [0.2, 0.25) is 0 Å². The Hall–Kier alpha value is -2.44. The zero-order valence-corrected chi connectivity index (χ0v) is 24.6. The third-order valence-electron chi connectivity index (χ3n) is 7.08. The van der Waals surface area contributed by atoms with Crippen LogP contribution in [0.4, 0.5) is 14.6 Å². The molecule has 4 aromatic rings. The molecule has 0 bridgehead atoms. The summed E-state index contributed by atoms with van der Waals surface area (Å²) in [5.41, 5.74) is 3.59. The van der Waals surface area contributed by atoms with Gasteiger partial charge in [-0.3, -0.25) is 9.38 Å². The van der Waals surface area contributed by atoms with Crippen LogP contribution in [0, 0.1) is 12.3 Å². The molecule has 1 aliphatic heterocycles. The van der Waals surface area contributed by atoms with Crippen LogP contribution in [0.25, 0.3) is 16.9 Å². The van der Waals surface area contributed by atoms with E-state index in [0.717, 1.165) is 22.8 Å². The first-order chi connectivity index (χ1) is 17.7. The fraction of sp³-hybridized carbons (Fsp3) is 0.333. The summed E-state index contributed by atoms with van der Waals surface area (Å²) in [6, 6.07) is 10.6. The number of alkyl halides is 2. The van der Waals surface area contributed by atoms with E-state index in [9.17, 15) is 18.7 Å². The van der Waals surface area contributed by atoms with Gasteiger partial charge >= 0.3 is 58.0 Å². The first-order valence-corrected chi connectivity index (χ1v) is 12.0. The van der Waals surface area contributed by atoms with E-state index in [2.05, 4.69) is 19.9 Å². The molecule has 5 rings (SSSR count). The predicted octanol–water partition coefficient (Wildman–Crippen LogP) is 0.652. The van der Waals surface area contributed by atoms with Crippen molar-refractivity contribution in [2.45, 2.75) is 39.7 Å². The van der Waals surface area contributed by atoms with Crippen LogP contribution >= 0.6 is 0 Å². The van der Waals surface area contributed by atoms with Crippen LogP contribution in [0.5, 0.6) is 5.75 Å². The molecule has 0 unspecified atom stereocenters. The quantitative estimate of drug-likeness (QED) is 0.315. The molecule has 0 amide bonds. The van der Waals surface area contributed by atoms with E-state index in [4.69, 9.17) is 4.74 Å². The monoisotopic (exact) mass is 545 g/mol. The molecule has 0 atom stereocenters. The summed E-state index contributed by atoms with van der Waals surface area (Å²) >= 11 is 0. The van der Waals surface area contributed by atoms with Crippen molar-refractivity contribution in [1.82, 2.24) is 19.4 Å². The number of aryl methyl sites for hydroxylation is 1. The smallest absolute Gasteiger partial charge is 0.550 e. The molecule has 1 aromatic carbocycles. The maximum absolute atomic E-state index is 12.9. The van der Waals surface area contributed by atoms with Gasteiger partial charge in [0.05, 0.1) is 23.3 Å². The minimum absolute atomic E-state index is 0. The maximum Gasteiger partial charge on any atom is 1.00 e. The summed E-state index contributed by atoms with van der Waals surface area (Å²) in [4.78, 5) is 27.2. The normalized spacial score (nSPS) is 14.9. The van der Waals surface area contributed by atoms with Gasteiger partial charge in [-0.25, -0.2) is 9.97 Å². The number of imidazole rings is 1. The van der Waals surface area contributed by atoms with Gasteiger partial charge in [0.2, 0.25) is 0 Å². The van der Waals surface area contributed by atoms with Gasteiger partial charge in [-0.05, 0) is 38.0 Å². The number of para-hydroxylation sites is 1. The Morgan fingerprint density at radius 3 is 2.53 bits per heavy atom. The number of carboxylic acids is 1. The molecule has 0 saturated carbocycles. The molecule has 1 fully saturated rings. The molecule has 0 spiro atoms. The number of fused-ring (bicyclic) bond motifs is 1. The van der Waals surface area contributed by atoms with Crippen LogP contribution in [0.1, 0.15) is 36.7 Å². The summed E-state index contributed by atoms with van der Waals surface area (Å²) in [5.74, 6) is -0.0883. The summed E-state index contributed by atoms with van der Waals surface area (Å²) in [5, 5.41) is 11.4. The van der Waals surface area contributed by atoms with Crippen molar-refractivity contribution in [2.24, 2.45) is 5.41 Å². The summed E-state index contributed by atoms with van der Waals surface area (Å²) < 4.78 is 32.4. The van der Waals surface area contributed by atoms with Crippen molar-refractivity contribution < 1.29 is 74.8 Å². The number of halogens is 2. The van der Waals surface area contributed by atoms with Gasteiger partial charge in [-0.1, -0.05) is 25.1 Å². The van der Waals surface area contributed by atoms with Gasteiger partial charge in [0.15, 0.2) is 5.65 Å². The van der Waals surface area contributed by atoms with Crippen LogP contribution in [0.3, 0.4) is 0 Å². The average Bonchev–Trinajstić information content (AvgIpc) is 3.19. The Balaban J connectivity index is 0.00000336. The first-order valence-electron chi connectivity index (χ1n) is 12.0. The van der Waals surface area contributed by atoms with E-state index in [0.29, 0.717) is 49.3 Å². The SMILES string of the molecule is Cc1nc2cnc(-c3ccc(N4CCC(C)(C(=O)[O-])CC4)nc3)cn2c1Cc1ccccc1OC(F)F.[K+]. The zero-order chi connectivity index (χ0) is 26.2. The van der Waals surface area contributed by atoms with E-state index in [1.807, 2.05) is 29.7 Å². The summed E-state index contributed by atoms with van der Waals surface area (Å²) in [7, 11) is 0. The standard InChI is InChI=1S/C27H27F2N5O3.K/c1-17-21(13-18-5-3-4-6-22(18)37-26(28)29)34-16-20(30-15-24(34)32-17)19-7-8-23(31-14-19)33-11-9-27(2,10-12-33)25(35)36;/h3-8,14-16,26H,9-13H2,1-2H3,(H,35,36);/q;+1/p-1. The minimum Gasteiger partial charge on any atom is -0.550 e. The molecule has 1 saturated heterocycles. The molecule has 0 radical (unpaired) electrons.